The summed E-state index contributed by atoms with van der Waals surface area (Å²) in [5, 5.41) is 3.68. The average molecular weight is 354 g/mol. The second kappa shape index (κ2) is 7.16. The van der Waals surface area contributed by atoms with Crippen LogP contribution in [0.4, 0.5) is 4.39 Å². The number of aromatic nitrogens is 1. The van der Waals surface area contributed by atoms with Crippen molar-refractivity contribution in [3.63, 3.8) is 0 Å². The average Bonchev–Trinajstić information content (AvgIpc) is 2.67. The third-order valence-corrected chi connectivity index (χ3v) is 5.63. The molecule has 0 radical (unpaired) electrons. The zero-order valence-electron chi connectivity index (χ0n) is 14.8. The number of Topliss-reactive ketones (excluding diaryl/α,β-unsaturated/α-hetero) is 1. The number of benzene rings is 1. The monoisotopic (exact) mass is 354 g/mol. The number of ether oxygens (including phenoxy) is 1. The Morgan fingerprint density at radius 1 is 1.12 bits per heavy atom. The molecule has 0 spiro atoms. The molecule has 0 bridgehead atoms. The molecule has 1 aromatic carbocycles. The molecular formula is C21H23FN2O2. The number of rotatable bonds is 3. The van der Waals surface area contributed by atoms with Crippen molar-refractivity contribution in [2.45, 2.75) is 44.7 Å². The minimum Gasteiger partial charge on any atom is -0.439 e. The van der Waals surface area contributed by atoms with Crippen molar-refractivity contribution >= 4 is 5.78 Å². The number of halogens is 1. The van der Waals surface area contributed by atoms with E-state index in [2.05, 4.69) is 10.3 Å². The first-order valence-corrected chi connectivity index (χ1v) is 9.31. The molecule has 4 atom stereocenters. The van der Waals surface area contributed by atoms with Crippen LogP contribution in [0, 0.1) is 17.7 Å². The number of fused-ring (bicyclic) bond motifs is 1. The fourth-order valence-corrected chi connectivity index (χ4v) is 4.19. The molecule has 4 nitrogen and oxygen atoms in total. The van der Waals surface area contributed by atoms with Crippen molar-refractivity contribution in [2.75, 3.05) is 0 Å². The number of carbonyl (C=O) groups is 1. The molecule has 136 valence electrons. The van der Waals surface area contributed by atoms with Crippen molar-refractivity contribution in [1.82, 2.24) is 10.3 Å². The maximum absolute atomic E-state index is 13.0. The van der Waals surface area contributed by atoms with Crippen LogP contribution in [-0.4, -0.2) is 16.8 Å². The fraction of sp³-hybridized carbons (Fsp3) is 0.429. The van der Waals surface area contributed by atoms with Gasteiger partial charge in [0.1, 0.15) is 17.3 Å². The van der Waals surface area contributed by atoms with E-state index < -0.39 is 0 Å². The number of pyridine rings is 1. The summed E-state index contributed by atoms with van der Waals surface area (Å²) in [6, 6.07) is 9.87. The van der Waals surface area contributed by atoms with Gasteiger partial charge in [0.05, 0.1) is 0 Å². The number of piperidine rings is 1. The molecule has 26 heavy (non-hydrogen) atoms. The third kappa shape index (κ3) is 3.36. The predicted octanol–water partition coefficient (Wildman–Crippen LogP) is 4.42. The molecule has 0 amide bonds. The highest BCUT2D eigenvalue weighted by Crippen LogP contribution is 2.38. The highest BCUT2D eigenvalue weighted by Gasteiger charge is 2.42. The molecule has 2 aromatic rings. The summed E-state index contributed by atoms with van der Waals surface area (Å²) in [5.41, 5.74) is 1.00. The lowest BCUT2D eigenvalue weighted by Crippen LogP contribution is -2.53. The minimum atomic E-state index is -0.302. The Labute approximate surface area is 152 Å². The Morgan fingerprint density at radius 2 is 1.88 bits per heavy atom. The van der Waals surface area contributed by atoms with Gasteiger partial charge in [-0.2, -0.15) is 0 Å². The second-order valence-electron chi connectivity index (χ2n) is 7.32. The highest BCUT2D eigenvalue weighted by molar-refractivity contribution is 5.85. The van der Waals surface area contributed by atoms with Crippen molar-refractivity contribution in [2.24, 2.45) is 11.8 Å². The quantitative estimate of drug-likeness (QED) is 0.886. The zero-order chi connectivity index (χ0) is 18.1. The van der Waals surface area contributed by atoms with Crippen LogP contribution in [0.3, 0.4) is 0 Å². The molecule has 2 aliphatic rings. The van der Waals surface area contributed by atoms with Gasteiger partial charge in [-0.15, -0.1) is 0 Å². The molecule has 1 aromatic heterocycles. The molecule has 4 rings (SSSR count). The van der Waals surface area contributed by atoms with E-state index in [1.807, 2.05) is 13.0 Å². The van der Waals surface area contributed by atoms with E-state index in [-0.39, 0.29) is 29.7 Å². The Morgan fingerprint density at radius 3 is 2.62 bits per heavy atom. The number of hydrogen-bond donors (Lipinski definition) is 1. The Kier molecular flexibility index (Phi) is 4.72. The number of nitrogens with zero attached hydrogens (tertiary/aromatic N) is 1. The first-order valence-electron chi connectivity index (χ1n) is 9.31. The number of carbonyl (C=O) groups excluding carboxylic acids is 1. The van der Waals surface area contributed by atoms with Crippen molar-refractivity contribution in [3.8, 4) is 11.6 Å². The lowest BCUT2D eigenvalue weighted by atomic mass is 9.72. The molecule has 4 unspecified atom stereocenters. The van der Waals surface area contributed by atoms with Gasteiger partial charge in [-0.25, -0.2) is 9.37 Å². The van der Waals surface area contributed by atoms with Gasteiger partial charge >= 0.3 is 0 Å². The lowest BCUT2D eigenvalue weighted by Gasteiger charge is -2.42. The van der Waals surface area contributed by atoms with E-state index in [4.69, 9.17) is 4.74 Å². The van der Waals surface area contributed by atoms with Gasteiger partial charge in [0, 0.05) is 36.2 Å². The van der Waals surface area contributed by atoms with Crippen LogP contribution in [0.15, 0.2) is 42.6 Å². The maximum atomic E-state index is 13.0. The molecule has 2 fully saturated rings. The van der Waals surface area contributed by atoms with Crippen molar-refractivity contribution in [1.29, 1.82) is 0 Å². The lowest BCUT2D eigenvalue weighted by molar-refractivity contribution is -0.132. The van der Waals surface area contributed by atoms with Gasteiger partial charge < -0.3 is 10.1 Å². The molecular weight excluding hydrogens is 331 g/mol. The number of ketones is 1. The Bertz CT molecular complexity index is 776. The summed E-state index contributed by atoms with van der Waals surface area (Å²) in [7, 11) is 0. The highest BCUT2D eigenvalue weighted by atomic mass is 19.1. The molecule has 1 aliphatic carbocycles. The zero-order valence-corrected chi connectivity index (χ0v) is 14.8. The van der Waals surface area contributed by atoms with Crippen LogP contribution < -0.4 is 10.1 Å². The topological polar surface area (TPSA) is 51.2 Å². The van der Waals surface area contributed by atoms with Crippen LogP contribution in [0.1, 0.15) is 44.2 Å². The van der Waals surface area contributed by atoms with Crippen molar-refractivity contribution in [3.05, 3.63) is 54.0 Å². The number of hydrogen-bond acceptors (Lipinski definition) is 4. The van der Waals surface area contributed by atoms with E-state index >= 15 is 0 Å². The maximum Gasteiger partial charge on any atom is 0.219 e. The summed E-state index contributed by atoms with van der Waals surface area (Å²) < 4.78 is 18.6. The van der Waals surface area contributed by atoms with Gasteiger partial charge in [-0.05, 0) is 42.7 Å². The van der Waals surface area contributed by atoms with Gasteiger partial charge in [0.25, 0.3) is 0 Å². The van der Waals surface area contributed by atoms with E-state index in [9.17, 15) is 9.18 Å². The second-order valence-corrected chi connectivity index (χ2v) is 7.32. The third-order valence-electron chi connectivity index (χ3n) is 5.63. The standard InChI is InChI=1S/C21H23FN2O2/c1-13-20(24-18-5-3-2-4-17(18)21(13)25)14-6-11-19(23-12-14)26-16-9-7-15(22)8-10-16/h6-13,17-18,20,24H,2-5H2,1H3. The molecule has 1 saturated carbocycles. The van der Waals surface area contributed by atoms with Gasteiger partial charge in [-0.3, -0.25) is 4.79 Å². The number of nitrogens with one attached hydrogen (secondary N) is 1. The normalized spacial score (nSPS) is 28.5. The van der Waals surface area contributed by atoms with Crippen LogP contribution >= 0.6 is 0 Å². The van der Waals surface area contributed by atoms with E-state index in [1.165, 1.54) is 18.6 Å². The van der Waals surface area contributed by atoms with E-state index in [1.54, 1.807) is 24.4 Å². The smallest absolute Gasteiger partial charge is 0.219 e. The summed E-state index contributed by atoms with van der Waals surface area (Å²) in [4.78, 5) is 17.1. The first kappa shape index (κ1) is 17.2. The minimum absolute atomic E-state index is 0.00535. The Balaban J connectivity index is 1.49. The fourth-order valence-electron chi connectivity index (χ4n) is 4.19. The van der Waals surface area contributed by atoms with Crippen molar-refractivity contribution < 1.29 is 13.9 Å². The SMILES string of the molecule is CC1C(=O)C2CCCCC2NC1c1ccc(Oc2ccc(F)cc2)nc1. The molecule has 5 heteroatoms. The first-order chi connectivity index (χ1) is 12.6. The van der Waals surface area contributed by atoms with Crippen LogP contribution in [0.25, 0.3) is 0 Å². The van der Waals surface area contributed by atoms with E-state index in [0.29, 0.717) is 17.4 Å². The molecule has 1 N–H and O–H groups in total. The van der Waals surface area contributed by atoms with Crippen LogP contribution in [0.5, 0.6) is 11.6 Å². The van der Waals surface area contributed by atoms with Gasteiger partial charge in [-0.1, -0.05) is 25.8 Å². The Hall–Kier alpha value is -2.27. The molecule has 2 heterocycles. The summed E-state index contributed by atoms with van der Waals surface area (Å²) in [5.74, 6) is 1.18. The molecule has 1 saturated heterocycles. The predicted molar refractivity (Wildman–Crippen MR) is 96.5 cm³/mol. The van der Waals surface area contributed by atoms with Gasteiger partial charge in [0.15, 0.2) is 0 Å². The largest absolute Gasteiger partial charge is 0.439 e. The summed E-state index contributed by atoms with van der Waals surface area (Å²) in [6.45, 7) is 2.01. The summed E-state index contributed by atoms with van der Waals surface area (Å²) >= 11 is 0. The molecule has 1 aliphatic heterocycles. The van der Waals surface area contributed by atoms with Crippen LogP contribution in [0.2, 0.25) is 0 Å². The van der Waals surface area contributed by atoms with E-state index in [0.717, 1.165) is 24.8 Å². The van der Waals surface area contributed by atoms with Crippen LogP contribution in [-0.2, 0) is 4.79 Å². The summed E-state index contributed by atoms with van der Waals surface area (Å²) in [6.07, 6.45) is 6.19. The van der Waals surface area contributed by atoms with Gasteiger partial charge in [0.2, 0.25) is 5.88 Å².